The molecule has 0 aliphatic heterocycles. The van der Waals surface area contributed by atoms with Gasteiger partial charge in [-0.05, 0) is 12.8 Å². The number of hydrogen-bond donors (Lipinski definition) is 0. The summed E-state index contributed by atoms with van der Waals surface area (Å²) in [5.74, 6) is 0. The molecule has 13 heavy (non-hydrogen) atoms. The molecule has 0 aromatic rings. The summed E-state index contributed by atoms with van der Waals surface area (Å²) in [6.07, 6.45) is -0.492. The van der Waals surface area contributed by atoms with E-state index in [2.05, 4.69) is 16.3 Å². The van der Waals surface area contributed by atoms with Gasteiger partial charge in [0.1, 0.15) is 0 Å². The monoisotopic (exact) mass is 216 g/mol. The van der Waals surface area contributed by atoms with Gasteiger partial charge >= 0.3 is 6.11 Å². The Balaban J connectivity index is 2.37. The molecule has 0 saturated heterocycles. The molecule has 1 fully saturated rings. The van der Waals surface area contributed by atoms with Gasteiger partial charge in [-0.25, -0.2) is 4.39 Å². The van der Waals surface area contributed by atoms with E-state index in [9.17, 15) is 13.2 Å². The third-order valence-electron chi connectivity index (χ3n) is 2.13. The average molecular weight is 217 g/mol. The van der Waals surface area contributed by atoms with E-state index < -0.39 is 17.8 Å². The molecule has 1 atom stereocenters. The van der Waals surface area contributed by atoms with Gasteiger partial charge in [0.2, 0.25) is 0 Å². The van der Waals surface area contributed by atoms with Crippen LogP contribution < -0.4 is 0 Å². The van der Waals surface area contributed by atoms with Crippen molar-refractivity contribution in [2.24, 2.45) is 0 Å². The minimum absolute atomic E-state index is 0.541. The van der Waals surface area contributed by atoms with Crippen molar-refractivity contribution >= 4 is 11.6 Å². The zero-order valence-corrected chi connectivity index (χ0v) is 7.87. The SMILES string of the molecule is FC(Cl)C(F)(F)OC1CCCCC1. The van der Waals surface area contributed by atoms with Crippen LogP contribution >= 0.6 is 11.6 Å². The normalized spacial score (nSPS) is 23.1. The van der Waals surface area contributed by atoms with Crippen LogP contribution in [0.15, 0.2) is 0 Å². The van der Waals surface area contributed by atoms with E-state index in [0.717, 1.165) is 19.3 Å². The standard InChI is InChI=1S/C8H12ClF3O/c9-7(10)8(11,12)13-6-4-2-1-3-5-6/h6-7H,1-5H2. The molecule has 0 aromatic heterocycles. The van der Waals surface area contributed by atoms with Crippen molar-refractivity contribution in [3.8, 4) is 0 Å². The van der Waals surface area contributed by atoms with Crippen LogP contribution in [0.3, 0.4) is 0 Å². The number of hydrogen-bond acceptors (Lipinski definition) is 1. The lowest BCUT2D eigenvalue weighted by Gasteiger charge is -2.26. The van der Waals surface area contributed by atoms with Crippen LogP contribution in [0.2, 0.25) is 0 Å². The van der Waals surface area contributed by atoms with E-state index in [0.29, 0.717) is 12.8 Å². The molecule has 0 bridgehead atoms. The van der Waals surface area contributed by atoms with Gasteiger partial charge in [-0.3, -0.25) is 0 Å². The van der Waals surface area contributed by atoms with E-state index in [1.807, 2.05) is 0 Å². The van der Waals surface area contributed by atoms with E-state index in [1.165, 1.54) is 0 Å². The van der Waals surface area contributed by atoms with Crippen molar-refractivity contribution < 1.29 is 17.9 Å². The van der Waals surface area contributed by atoms with Crippen molar-refractivity contribution in [2.75, 3.05) is 0 Å². The molecule has 0 spiro atoms. The van der Waals surface area contributed by atoms with Gasteiger partial charge in [0, 0.05) is 0 Å². The molecule has 0 N–H and O–H groups in total. The number of halogens is 4. The van der Waals surface area contributed by atoms with Crippen LogP contribution in [0.5, 0.6) is 0 Å². The Bertz CT molecular complexity index is 157. The first-order valence-electron chi connectivity index (χ1n) is 4.36. The molecular formula is C8H12ClF3O. The molecule has 0 amide bonds. The highest BCUT2D eigenvalue weighted by Crippen LogP contribution is 2.31. The third-order valence-corrected chi connectivity index (χ3v) is 2.38. The number of alkyl halides is 4. The quantitative estimate of drug-likeness (QED) is 0.657. The van der Waals surface area contributed by atoms with Gasteiger partial charge in [-0.1, -0.05) is 30.9 Å². The van der Waals surface area contributed by atoms with Gasteiger partial charge in [0.15, 0.2) is 0 Å². The maximum Gasteiger partial charge on any atom is 0.401 e. The lowest BCUT2D eigenvalue weighted by Crippen LogP contribution is -2.35. The number of rotatable bonds is 3. The Kier molecular flexibility index (Phi) is 3.86. The maximum atomic E-state index is 12.6. The van der Waals surface area contributed by atoms with Crippen LogP contribution in [-0.4, -0.2) is 17.8 Å². The van der Waals surface area contributed by atoms with E-state index in [1.54, 1.807) is 0 Å². The van der Waals surface area contributed by atoms with Gasteiger partial charge in [-0.2, -0.15) is 8.78 Å². The minimum atomic E-state index is -3.84. The fourth-order valence-electron chi connectivity index (χ4n) is 1.46. The van der Waals surface area contributed by atoms with Crippen LogP contribution in [-0.2, 0) is 4.74 Å². The van der Waals surface area contributed by atoms with Crippen molar-refractivity contribution in [1.29, 1.82) is 0 Å². The Morgan fingerprint density at radius 1 is 1.23 bits per heavy atom. The molecular weight excluding hydrogens is 205 g/mol. The zero-order chi connectivity index (χ0) is 9.90. The van der Waals surface area contributed by atoms with Gasteiger partial charge in [0.05, 0.1) is 6.10 Å². The second kappa shape index (κ2) is 4.51. The second-order valence-corrected chi connectivity index (χ2v) is 3.62. The summed E-state index contributed by atoms with van der Waals surface area (Å²) >= 11 is 4.65. The van der Waals surface area contributed by atoms with E-state index >= 15 is 0 Å². The second-order valence-electron chi connectivity index (χ2n) is 3.24. The highest BCUT2D eigenvalue weighted by molar-refractivity contribution is 6.20. The van der Waals surface area contributed by atoms with Crippen LogP contribution in [0.25, 0.3) is 0 Å². The van der Waals surface area contributed by atoms with Crippen molar-refractivity contribution in [3.05, 3.63) is 0 Å². The van der Waals surface area contributed by atoms with Gasteiger partial charge in [0.25, 0.3) is 5.63 Å². The molecule has 1 saturated carbocycles. The van der Waals surface area contributed by atoms with Crippen molar-refractivity contribution in [2.45, 2.75) is 49.9 Å². The Labute approximate surface area is 80.2 Å². The smallest absolute Gasteiger partial charge is 0.314 e. The molecule has 1 aliphatic carbocycles. The lowest BCUT2D eigenvalue weighted by atomic mass is 9.98. The van der Waals surface area contributed by atoms with Crippen LogP contribution in [0.4, 0.5) is 13.2 Å². The van der Waals surface area contributed by atoms with Crippen LogP contribution in [0.1, 0.15) is 32.1 Å². The summed E-state index contributed by atoms with van der Waals surface area (Å²) in [7, 11) is 0. The molecule has 1 nitrogen and oxygen atoms in total. The van der Waals surface area contributed by atoms with Crippen molar-refractivity contribution in [1.82, 2.24) is 0 Å². The first-order chi connectivity index (χ1) is 6.02. The molecule has 0 radical (unpaired) electrons. The first-order valence-corrected chi connectivity index (χ1v) is 4.80. The minimum Gasteiger partial charge on any atom is -0.314 e. The Hall–Kier alpha value is 0.0400. The Morgan fingerprint density at radius 3 is 2.23 bits per heavy atom. The highest BCUT2D eigenvalue weighted by atomic mass is 35.5. The summed E-state index contributed by atoms with van der Waals surface area (Å²) in [4.78, 5) is 0. The molecule has 78 valence electrons. The van der Waals surface area contributed by atoms with Gasteiger partial charge < -0.3 is 4.74 Å². The Morgan fingerprint density at radius 2 is 1.77 bits per heavy atom. The largest absolute Gasteiger partial charge is 0.401 e. The lowest BCUT2D eigenvalue weighted by molar-refractivity contribution is -0.282. The average Bonchev–Trinajstić information content (AvgIpc) is 2.05. The number of ether oxygens (including phenoxy) is 1. The maximum absolute atomic E-state index is 12.6. The summed E-state index contributed by atoms with van der Waals surface area (Å²) in [6.45, 7) is 0. The third kappa shape index (κ3) is 3.35. The molecule has 5 heteroatoms. The fourth-order valence-corrected chi connectivity index (χ4v) is 1.51. The molecule has 0 heterocycles. The van der Waals surface area contributed by atoms with E-state index in [4.69, 9.17) is 0 Å². The predicted octanol–water partition coefficient (Wildman–Crippen LogP) is 3.46. The summed E-state index contributed by atoms with van der Waals surface area (Å²) in [6, 6.07) is 0. The van der Waals surface area contributed by atoms with Gasteiger partial charge in [-0.15, -0.1) is 0 Å². The van der Waals surface area contributed by atoms with Crippen LogP contribution in [0, 0.1) is 0 Å². The molecule has 1 aliphatic rings. The fraction of sp³-hybridized carbons (Fsp3) is 1.00. The highest BCUT2D eigenvalue weighted by Gasteiger charge is 2.42. The summed E-state index contributed by atoms with van der Waals surface area (Å²) in [5, 5.41) is 0. The molecule has 1 rings (SSSR count). The predicted molar refractivity (Wildman–Crippen MR) is 43.7 cm³/mol. The topological polar surface area (TPSA) is 9.23 Å². The molecule has 0 aromatic carbocycles. The molecule has 1 unspecified atom stereocenters. The summed E-state index contributed by atoms with van der Waals surface area (Å²) in [5.41, 5.74) is -2.76. The summed E-state index contributed by atoms with van der Waals surface area (Å²) < 4.78 is 41.6. The zero-order valence-electron chi connectivity index (χ0n) is 7.11. The van der Waals surface area contributed by atoms with E-state index in [-0.39, 0.29) is 0 Å². The first kappa shape index (κ1) is 11.1. The van der Waals surface area contributed by atoms with Crippen molar-refractivity contribution in [3.63, 3.8) is 0 Å².